The van der Waals surface area contributed by atoms with Crippen molar-refractivity contribution in [1.29, 1.82) is 0 Å². The first-order valence-corrected chi connectivity index (χ1v) is 3.56. The summed E-state index contributed by atoms with van der Waals surface area (Å²) in [5.41, 5.74) is 1.22. The van der Waals surface area contributed by atoms with Gasteiger partial charge in [0.05, 0.1) is 6.10 Å². The maximum Gasteiger partial charge on any atom is 0.0577 e. The number of hydrogen-bond acceptors (Lipinski definition) is 1. The summed E-state index contributed by atoms with van der Waals surface area (Å²) >= 11 is 0. The third kappa shape index (κ3) is 1.55. The number of hydrogen-bond donors (Lipinski definition) is 1. The molecule has 2 atom stereocenters. The molecule has 0 aliphatic heterocycles. The van der Waals surface area contributed by atoms with Crippen LogP contribution in [0.5, 0.6) is 0 Å². The van der Waals surface area contributed by atoms with Crippen molar-refractivity contribution in [2.75, 3.05) is 0 Å². The van der Waals surface area contributed by atoms with Gasteiger partial charge in [-0.25, -0.2) is 0 Å². The van der Waals surface area contributed by atoms with Gasteiger partial charge in [0.1, 0.15) is 0 Å². The quantitative estimate of drug-likeness (QED) is 0.490. The topological polar surface area (TPSA) is 20.2 Å². The van der Waals surface area contributed by atoms with E-state index in [1.807, 2.05) is 0 Å². The molecule has 52 valence electrons. The second-order valence-corrected chi connectivity index (χ2v) is 2.99. The average Bonchev–Trinajstić information content (AvgIpc) is 1.80. The minimum Gasteiger partial charge on any atom is -0.393 e. The predicted octanol–water partition coefficient (Wildman–Crippen LogP) is 1.72. The van der Waals surface area contributed by atoms with E-state index in [2.05, 4.69) is 13.5 Å². The molecule has 1 aliphatic rings. The minimum absolute atomic E-state index is 0.103. The molecule has 0 aromatic carbocycles. The fraction of sp³-hybridized carbons (Fsp3) is 0.750. The Morgan fingerprint density at radius 2 is 2.22 bits per heavy atom. The van der Waals surface area contributed by atoms with Gasteiger partial charge in [0, 0.05) is 0 Å². The van der Waals surface area contributed by atoms with E-state index in [9.17, 15) is 0 Å². The van der Waals surface area contributed by atoms with E-state index in [1.165, 1.54) is 5.57 Å². The normalized spacial score (nSPS) is 36.9. The monoisotopic (exact) mass is 126 g/mol. The Bertz CT molecular complexity index is 118. The van der Waals surface area contributed by atoms with Gasteiger partial charge in [0.25, 0.3) is 0 Å². The molecule has 9 heavy (non-hydrogen) atoms. The molecule has 1 saturated carbocycles. The molecule has 0 radical (unpaired) electrons. The van der Waals surface area contributed by atoms with Gasteiger partial charge < -0.3 is 5.11 Å². The molecule has 1 rings (SSSR count). The van der Waals surface area contributed by atoms with E-state index >= 15 is 0 Å². The van der Waals surface area contributed by atoms with Crippen LogP contribution in [-0.2, 0) is 0 Å². The fourth-order valence-corrected chi connectivity index (χ4v) is 1.25. The van der Waals surface area contributed by atoms with E-state index in [0.717, 1.165) is 19.3 Å². The summed E-state index contributed by atoms with van der Waals surface area (Å²) in [5.74, 6) is 0.633. The smallest absolute Gasteiger partial charge is 0.0577 e. The van der Waals surface area contributed by atoms with Gasteiger partial charge in [-0.1, -0.05) is 19.1 Å². The highest BCUT2D eigenvalue weighted by Crippen LogP contribution is 2.27. The van der Waals surface area contributed by atoms with E-state index in [-0.39, 0.29) is 6.10 Å². The zero-order valence-corrected chi connectivity index (χ0v) is 5.93. The van der Waals surface area contributed by atoms with Gasteiger partial charge in [-0.05, 0) is 25.2 Å². The van der Waals surface area contributed by atoms with E-state index in [4.69, 9.17) is 5.11 Å². The molecule has 0 spiro atoms. The molecule has 1 nitrogen and oxygen atoms in total. The summed E-state index contributed by atoms with van der Waals surface area (Å²) in [6.45, 7) is 6.06. The molecule has 0 aromatic rings. The molecule has 0 bridgehead atoms. The average molecular weight is 126 g/mol. The molecule has 2 unspecified atom stereocenters. The van der Waals surface area contributed by atoms with Crippen LogP contribution in [0.25, 0.3) is 0 Å². The molecular formula is C8H14O. The van der Waals surface area contributed by atoms with Crippen molar-refractivity contribution in [2.24, 2.45) is 5.92 Å². The maximum absolute atomic E-state index is 9.14. The lowest BCUT2D eigenvalue weighted by molar-refractivity contribution is 0.138. The molecule has 1 N–H and O–H groups in total. The molecule has 1 aliphatic carbocycles. The van der Waals surface area contributed by atoms with Crippen LogP contribution in [-0.4, -0.2) is 11.2 Å². The molecule has 0 heterocycles. The van der Waals surface area contributed by atoms with Crippen LogP contribution >= 0.6 is 0 Å². The lowest BCUT2D eigenvalue weighted by Crippen LogP contribution is -2.18. The lowest BCUT2D eigenvalue weighted by Gasteiger charge is -2.24. The SMILES string of the molecule is C=C1CC(O)CCC1C. The summed E-state index contributed by atoms with van der Waals surface area (Å²) in [7, 11) is 0. The molecule has 1 heteroatoms. The van der Waals surface area contributed by atoms with E-state index in [0.29, 0.717) is 5.92 Å². The fourth-order valence-electron chi connectivity index (χ4n) is 1.25. The Morgan fingerprint density at radius 1 is 1.56 bits per heavy atom. The highest BCUT2D eigenvalue weighted by molar-refractivity contribution is 5.03. The Kier molecular flexibility index (Phi) is 1.91. The van der Waals surface area contributed by atoms with E-state index < -0.39 is 0 Å². The van der Waals surface area contributed by atoms with Gasteiger partial charge in [-0.15, -0.1) is 0 Å². The molecule has 1 fully saturated rings. The van der Waals surface area contributed by atoms with Gasteiger partial charge in [-0.3, -0.25) is 0 Å². The molecular weight excluding hydrogens is 112 g/mol. The van der Waals surface area contributed by atoms with Crippen molar-refractivity contribution >= 4 is 0 Å². The number of rotatable bonds is 0. The highest BCUT2D eigenvalue weighted by atomic mass is 16.3. The second-order valence-electron chi connectivity index (χ2n) is 2.99. The van der Waals surface area contributed by atoms with Crippen LogP contribution in [0.4, 0.5) is 0 Å². The molecule has 0 amide bonds. The van der Waals surface area contributed by atoms with Crippen LogP contribution in [0.1, 0.15) is 26.2 Å². The van der Waals surface area contributed by atoms with Gasteiger partial charge in [-0.2, -0.15) is 0 Å². The summed E-state index contributed by atoms with van der Waals surface area (Å²) in [5, 5.41) is 9.14. The van der Waals surface area contributed by atoms with Crippen molar-refractivity contribution in [3.63, 3.8) is 0 Å². The second kappa shape index (κ2) is 2.53. The van der Waals surface area contributed by atoms with Gasteiger partial charge in [0.2, 0.25) is 0 Å². The van der Waals surface area contributed by atoms with E-state index in [1.54, 1.807) is 0 Å². The van der Waals surface area contributed by atoms with Gasteiger partial charge in [0.15, 0.2) is 0 Å². The number of aliphatic hydroxyl groups is 1. The number of aliphatic hydroxyl groups excluding tert-OH is 1. The van der Waals surface area contributed by atoms with Crippen LogP contribution in [0.3, 0.4) is 0 Å². The van der Waals surface area contributed by atoms with Crippen molar-refractivity contribution in [1.82, 2.24) is 0 Å². The van der Waals surface area contributed by atoms with Crippen LogP contribution in [0.15, 0.2) is 12.2 Å². The first kappa shape index (κ1) is 6.81. The minimum atomic E-state index is -0.103. The third-order valence-electron chi connectivity index (χ3n) is 2.13. The Balaban J connectivity index is 2.44. The van der Waals surface area contributed by atoms with Crippen LogP contribution in [0.2, 0.25) is 0 Å². The van der Waals surface area contributed by atoms with Crippen LogP contribution < -0.4 is 0 Å². The summed E-state index contributed by atoms with van der Waals surface area (Å²) in [4.78, 5) is 0. The summed E-state index contributed by atoms with van der Waals surface area (Å²) in [6.07, 6.45) is 2.79. The molecule has 0 saturated heterocycles. The maximum atomic E-state index is 9.14. The van der Waals surface area contributed by atoms with Gasteiger partial charge >= 0.3 is 0 Å². The molecule has 0 aromatic heterocycles. The largest absolute Gasteiger partial charge is 0.393 e. The van der Waals surface area contributed by atoms with Crippen molar-refractivity contribution < 1.29 is 5.11 Å². The summed E-state index contributed by atoms with van der Waals surface area (Å²) < 4.78 is 0. The van der Waals surface area contributed by atoms with Crippen molar-refractivity contribution in [2.45, 2.75) is 32.3 Å². The summed E-state index contributed by atoms with van der Waals surface area (Å²) in [6, 6.07) is 0. The standard InChI is InChI=1S/C8H14O/c1-6-3-4-8(9)5-7(6)2/h6,8-9H,2-5H2,1H3. The predicted molar refractivity (Wildman–Crippen MR) is 38.2 cm³/mol. The van der Waals surface area contributed by atoms with Crippen LogP contribution in [0, 0.1) is 5.92 Å². The Morgan fingerprint density at radius 3 is 2.67 bits per heavy atom. The first-order chi connectivity index (χ1) is 4.20. The zero-order chi connectivity index (χ0) is 6.85. The first-order valence-electron chi connectivity index (χ1n) is 3.56. The van der Waals surface area contributed by atoms with Crippen molar-refractivity contribution in [3.8, 4) is 0 Å². The zero-order valence-electron chi connectivity index (χ0n) is 5.93. The lowest BCUT2D eigenvalue weighted by atomic mass is 9.85. The third-order valence-corrected chi connectivity index (χ3v) is 2.13. The van der Waals surface area contributed by atoms with Crippen molar-refractivity contribution in [3.05, 3.63) is 12.2 Å². The Hall–Kier alpha value is -0.300. The Labute approximate surface area is 56.4 Å². The highest BCUT2D eigenvalue weighted by Gasteiger charge is 2.18.